The Morgan fingerprint density at radius 2 is 1.88 bits per heavy atom. The number of piperazine rings is 1. The van der Waals surface area contributed by atoms with Crippen molar-refractivity contribution in [3.05, 3.63) is 60.4 Å². The Kier molecular flexibility index (Phi) is 3.75. The first-order valence-corrected chi connectivity index (χ1v) is 9.33. The third-order valence-corrected chi connectivity index (χ3v) is 5.63. The topological polar surface area (TPSA) is 40.9 Å². The van der Waals surface area contributed by atoms with Gasteiger partial charge in [0, 0.05) is 50.4 Å². The molecular weight excluding hydrogens is 324 g/mol. The summed E-state index contributed by atoms with van der Waals surface area (Å²) in [6.07, 6.45) is 3.80. The number of hydrogen-bond donors (Lipinski definition) is 0. The number of imidazole rings is 1. The van der Waals surface area contributed by atoms with Gasteiger partial charge in [-0.1, -0.05) is 36.4 Å². The fourth-order valence-electron chi connectivity index (χ4n) is 4.31. The second-order valence-electron chi connectivity index (χ2n) is 7.22. The fraction of sp³-hybridized carbons (Fsp3) is 0.333. The maximum atomic E-state index is 11.9. The van der Waals surface area contributed by atoms with Crippen LogP contribution in [0.15, 0.2) is 54.7 Å². The van der Waals surface area contributed by atoms with E-state index in [0.29, 0.717) is 18.4 Å². The number of hydrogen-bond acceptors (Lipinski definition) is 3. The molecule has 0 N–H and O–H groups in total. The lowest BCUT2D eigenvalue weighted by Crippen LogP contribution is -2.51. The van der Waals surface area contributed by atoms with E-state index in [-0.39, 0.29) is 0 Å². The zero-order valence-corrected chi connectivity index (χ0v) is 14.7. The third-order valence-electron chi connectivity index (χ3n) is 5.63. The van der Waals surface area contributed by atoms with Gasteiger partial charge in [0.1, 0.15) is 5.65 Å². The van der Waals surface area contributed by atoms with E-state index in [1.807, 2.05) is 12.1 Å². The van der Waals surface area contributed by atoms with E-state index < -0.39 is 0 Å². The Balaban J connectivity index is 1.49. The molecule has 2 fully saturated rings. The molecule has 1 atom stereocenters. The average molecular weight is 346 g/mol. The highest BCUT2D eigenvalue weighted by Crippen LogP contribution is 2.28. The van der Waals surface area contributed by atoms with Crippen molar-refractivity contribution >= 4 is 11.6 Å². The third kappa shape index (κ3) is 2.59. The highest BCUT2D eigenvalue weighted by molar-refractivity contribution is 5.79. The molecule has 0 saturated carbocycles. The molecule has 1 amide bonds. The molecule has 2 saturated heterocycles. The summed E-state index contributed by atoms with van der Waals surface area (Å²) in [7, 11) is 0. The van der Waals surface area contributed by atoms with Crippen LogP contribution in [0.4, 0.5) is 0 Å². The summed E-state index contributed by atoms with van der Waals surface area (Å²) in [5, 5.41) is 0. The molecule has 5 rings (SSSR count). The quantitative estimate of drug-likeness (QED) is 0.732. The Morgan fingerprint density at radius 1 is 1.04 bits per heavy atom. The first kappa shape index (κ1) is 15.6. The van der Waals surface area contributed by atoms with Crippen LogP contribution in [0.5, 0.6) is 0 Å². The van der Waals surface area contributed by atoms with Gasteiger partial charge in [0.25, 0.3) is 0 Å². The highest BCUT2D eigenvalue weighted by atomic mass is 16.2. The predicted octanol–water partition coefficient (Wildman–Crippen LogP) is 2.81. The van der Waals surface area contributed by atoms with Crippen molar-refractivity contribution in [1.82, 2.24) is 19.2 Å². The minimum absolute atomic E-state index is 0.328. The normalized spacial score (nSPS) is 20.7. The molecule has 3 aromatic rings. The van der Waals surface area contributed by atoms with E-state index in [4.69, 9.17) is 4.98 Å². The molecule has 1 unspecified atom stereocenters. The highest BCUT2D eigenvalue weighted by Gasteiger charge is 2.35. The Labute approximate surface area is 152 Å². The van der Waals surface area contributed by atoms with E-state index in [1.54, 1.807) is 0 Å². The van der Waals surface area contributed by atoms with Crippen LogP contribution >= 0.6 is 0 Å². The number of rotatable bonds is 3. The van der Waals surface area contributed by atoms with E-state index >= 15 is 0 Å². The van der Waals surface area contributed by atoms with Crippen LogP contribution in [0.3, 0.4) is 0 Å². The molecule has 0 aliphatic carbocycles. The average Bonchev–Trinajstić information content (AvgIpc) is 3.24. The maximum absolute atomic E-state index is 11.9. The van der Waals surface area contributed by atoms with Crippen LogP contribution < -0.4 is 0 Å². The molecule has 4 heterocycles. The zero-order valence-electron chi connectivity index (χ0n) is 14.7. The van der Waals surface area contributed by atoms with Crippen LogP contribution in [0.1, 0.15) is 18.5 Å². The van der Waals surface area contributed by atoms with Gasteiger partial charge >= 0.3 is 0 Å². The van der Waals surface area contributed by atoms with Crippen molar-refractivity contribution < 1.29 is 4.79 Å². The largest absolute Gasteiger partial charge is 0.337 e. The van der Waals surface area contributed by atoms with Crippen LogP contribution in [0.2, 0.25) is 0 Å². The second kappa shape index (κ2) is 6.25. The monoisotopic (exact) mass is 346 g/mol. The number of pyridine rings is 1. The summed E-state index contributed by atoms with van der Waals surface area (Å²) < 4.78 is 2.20. The number of benzene rings is 1. The van der Waals surface area contributed by atoms with Gasteiger partial charge in [0.05, 0.1) is 11.4 Å². The summed E-state index contributed by atoms with van der Waals surface area (Å²) in [5.74, 6) is 0.328. The van der Waals surface area contributed by atoms with Gasteiger partial charge in [0.2, 0.25) is 5.91 Å². The van der Waals surface area contributed by atoms with E-state index in [1.165, 1.54) is 5.69 Å². The number of aromatic nitrogens is 2. The van der Waals surface area contributed by atoms with E-state index in [9.17, 15) is 4.79 Å². The van der Waals surface area contributed by atoms with Gasteiger partial charge in [0.15, 0.2) is 0 Å². The predicted molar refractivity (Wildman–Crippen MR) is 101 cm³/mol. The lowest BCUT2D eigenvalue weighted by atomic mass is 10.1. The molecule has 0 radical (unpaired) electrons. The molecule has 0 spiro atoms. The van der Waals surface area contributed by atoms with Gasteiger partial charge in [-0.05, 0) is 18.6 Å². The lowest BCUT2D eigenvalue weighted by Gasteiger charge is -2.37. The molecular formula is C21H22N4O. The minimum Gasteiger partial charge on any atom is -0.337 e. The van der Waals surface area contributed by atoms with Gasteiger partial charge in [-0.15, -0.1) is 0 Å². The molecule has 2 aromatic heterocycles. The van der Waals surface area contributed by atoms with Crippen LogP contribution in [-0.4, -0.2) is 50.8 Å². The number of fused-ring (bicyclic) bond motifs is 2. The molecule has 2 aliphatic heterocycles. The first-order valence-electron chi connectivity index (χ1n) is 9.33. The first-order chi connectivity index (χ1) is 12.8. The van der Waals surface area contributed by atoms with Crippen molar-refractivity contribution in [3.8, 4) is 11.3 Å². The molecule has 132 valence electrons. The molecule has 1 aromatic carbocycles. The SMILES string of the molecule is O=C1CCC2CN(Cc3c(-c4ccccc4)nc4ccccn34)CCN12. The fourth-order valence-corrected chi connectivity index (χ4v) is 4.31. The van der Waals surface area contributed by atoms with Gasteiger partial charge < -0.3 is 9.30 Å². The second-order valence-corrected chi connectivity index (χ2v) is 7.22. The number of carbonyl (C=O) groups excluding carboxylic acids is 1. The van der Waals surface area contributed by atoms with Gasteiger partial charge in [-0.2, -0.15) is 0 Å². The number of amides is 1. The van der Waals surface area contributed by atoms with Gasteiger partial charge in [-0.3, -0.25) is 9.69 Å². The van der Waals surface area contributed by atoms with Crippen LogP contribution in [-0.2, 0) is 11.3 Å². The van der Waals surface area contributed by atoms with Crippen molar-refractivity contribution in [2.24, 2.45) is 0 Å². The minimum atomic E-state index is 0.328. The number of carbonyl (C=O) groups is 1. The molecule has 0 bridgehead atoms. The summed E-state index contributed by atoms with van der Waals surface area (Å²) in [5.41, 5.74) is 4.42. The Morgan fingerprint density at radius 3 is 2.77 bits per heavy atom. The van der Waals surface area contributed by atoms with Crippen molar-refractivity contribution in [1.29, 1.82) is 0 Å². The summed E-state index contributed by atoms with van der Waals surface area (Å²) in [6, 6.07) is 16.9. The smallest absolute Gasteiger partial charge is 0.222 e. The van der Waals surface area contributed by atoms with Crippen LogP contribution in [0.25, 0.3) is 16.9 Å². The van der Waals surface area contributed by atoms with Crippen molar-refractivity contribution in [2.75, 3.05) is 19.6 Å². The molecule has 5 nitrogen and oxygen atoms in total. The summed E-state index contributed by atoms with van der Waals surface area (Å²) >= 11 is 0. The Hall–Kier alpha value is -2.66. The standard InChI is InChI=1S/C21H22N4O/c26-20-10-9-17-14-23(12-13-24(17)20)15-18-21(16-6-2-1-3-7-16)22-19-8-4-5-11-25(18)19/h1-8,11,17H,9-10,12-15H2. The summed E-state index contributed by atoms with van der Waals surface area (Å²) in [6.45, 7) is 3.59. The van der Waals surface area contributed by atoms with Crippen LogP contribution in [0, 0.1) is 0 Å². The molecule has 2 aliphatic rings. The summed E-state index contributed by atoms with van der Waals surface area (Å²) in [4.78, 5) is 21.4. The van der Waals surface area contributed by atoms with Gasteiger partial charge in [-0.25, -0.2) is 4.98 Å². The zero-order chi connectivity index (χ0) is 17.5. The molecule has 26 heavy (non-hydrogen) atoms. The lowest BCUT2D eigenvalue weighted by molar-refractivity contribution is -0.130. The maximum Gasteiger partial charge on any atom is 0.222 e. The molecule has 5 heteroatoms. The number of nitrogens with zero attached hydrogens (tertiary/aromatic N) is 4. The van der Waals surface area contributed by atoms with Crippen molar-refractivity contribution in [3.63, 3.8) is 0 Å². The van der Waals surface area contributed by atoms with Crippen molar-refractivity contribution in [2.45, 2.75) is 25.4 Å². The van der Waals surface area contributed by atoms with E-state index in [2.05, 4.69) is 56.8 Å². The van der Waals surface area contributed by atoms with E-state index in [0.717, 1.165) is 49.5 Å². The Bertz CT molecular complexity index is 949.